The molecule has 0 heterocycles. The average molecular weight is 271 g/mol. The molecule has 0 N–H and O–H groups in total. The van der Waals surface area contributed by atoms with Gasteiger partial charge in [-0.05, 0) is 30.2 Å². The molecular formula is C9H7BrF4. The normalized spacial score (nSPS) is 11.9. The highest BCUT2D eigenvalue weighted by molar-refractivity contribution is 9.08. The first kappa shape index (κ1) is 11.5. The van der Waals surface area contributed by atoms with Crippen molar-refractivity contribution < 1.29 is 17.6 Å². The van der Waals surface area contributed by atoms with E-state index in [-0.39, 0.29) is 0 Å². The van der Waals surface area contributed by atoms with Crippen LogP contribution in [0, 0.1) is 12.7 Å². The van der Waals surface area contributed by atoms with Crippen molar-refractivity contribution in [1.82, 2.24) is 0 Å². The number of rotatable bonds is 1. The lowest BCUT2D eigenvalue weighted by Crippen LogP contribution is -2.09. The topological polar surface area (TPSA) is 0 Å². The molecule has 0 fully saturated rings. The van der Waals surface area contributed by atoms with Gasteiger partial charge >= 0.3 is 6.18 Å². The van der Waals surface area contributed by atoms with Gasteiger partial charge in [-0.2, -0.15) is 13.2 Å². The fourth-order valence-corrected chi connectivity index (χ4v) is 1.69. The zero-order valence-electron chi connectivity index (χ0n) is 7.25. The molecule has 0 saturated carbocycles. The van der Waals surface area contributed by atoms with Crippen molar-refractivity contribution in [2.24, 2.45) is 0 Å². The Bertz CT molecular complexity index is 343. The van der Waals surface area contributed by atoms with E-state index in [1.165, 1.54) is 6.92 Å². The molecule has 5 heteroatoms. The first-order valence-corrected chi connectivity index (χ1v) is 4.90. The molecule has 14 heavy (non-hydrogen) atoms. The van der Waals surface area contributed by atoms with E-state index in [4.69, 9.17) is 0 Å². The number of hydrogen-bond donors (Lipinski definition) is 0. The number of hydrogen-bond acceptors (Lipinski definition) is 0. The van der Waals surface area contributed by atoms with E-state index < -0.39 is 17.6 Å². The molecule has 78 valence electrons. The predicted molar refractivity (Wildman–Crippen MR) is 48.8 cm³/mol. The monoisotopic (exact) mass is 270 g/mol. The molecule has 0 aliphatic rings. The maximum absolute atomic E-state index is 13.0. The molecular weight excluding hydrogens is 264 g/mol. The van der Waals surface area contributed by atoms with Crippen LogP contribution in [0.2, 0.25) is 0 Å². The minimum absolute atomic E-state index is 0.341. The number of halogens is 5. The van der Waals surface area contributed by atoms with Crippen LogP contribution in [-0.4, -0.2) is 0 Å². The van der Waals surface area contributed by atoms with Gasteiger partial charge in [0.15, 0.2) is 0 Å². The van der Waals surface area contributed by atoms with Crippen molar-refractivity contribution in [2.75, 3.05) is 0 Å². The Morgan fingerprint density at radius 2 is 1.86 bits per heavy atom. The van der Waals surface area contributed by atoms with Gasteiger partial charge in [0.25, 0.3) is 0 Å². The maximum Gasteiger partial charge on any atom is 0.419 e. The molecule has 0 saturated heterocycles. The Balaban J connectivity index is 3.29. The number of alkyl halides is 4. The maximum atomic E-state index is 13.0. The van der Waals surface area contributed by atoms with Crippen LogP contribution in [0.3, 0.4) is 0 Å². The van der Waals surface area contributed by atoms with Gasteiger partial charge < -0.3 is 0 Å². The van der Waals surface area contributed by atoms with E-state index in [1.807, 2.05) is 0 Å². The Labute approximate surface area is 87.1 Å². The smallest absolute Gasteiger partial charge is 0.206 e. The molecule has 1 rings (SSSR count). The van der Waals surface area contributed by atoms with Gasteiger partial charge in [0.05, 0.1) is 5.56 Å². The summed E-state index contributed by atoms with van der Waals surface area (Å²) in [6.45, 7) is 1.52. The van der Waals surface area contributed by atoms with Crippen LogP contribution in [0.5, 0.6) is 0 Å². The van der Waals surface area contributed by atoms with E-state index in [1.54, 1.807) is 0 Å². The van der Waals surface area contributed by atoms with Gasteiger partial charge in [-0.25, -0.2) is 4.39 Å². The summed E-state index contributed by atoms with van der Waals surface area (Å²) in [5.74, 6) is -1.22. The minimum atomic E-state index is -4.63. The third-order valence-corrected chi connectivity index (χ3v) is 2.48. The van der Waals surface area contributed by atoms with Gasteiger partial charge in [-0.1, -0.05) is 15.9 Å². The summed E-state index contributed by atoms with van der Waals surface area (Å²) < 4.78 is 49.6. The van der Waals surface area contributed by atoms with Crippen molar-refractivity contribution >= 4 is 15.9 Å². The second-order valence-electron chi connectivity index (χ2n) is 2.89. The second-order valence-corrected chi connectivity index (χ2v) is 3.45. The van der Waals surface area contributed by atoms with E-state index >= 15 is 0 Å². The van der Waals surface area contributed by atoms with Gasteiger partial charge in [-0.3, -0.25) is 0 Å². The van der Waals surface area contributed by atoms with E-state index in [0.29, 0.717) is 16.5 Å². The van der Waals surface area contributed by atoms with E-state index in [9.17, 15) is 17.6 Å². The van der Waals surface area contributed by atoms with Crippen molar-refractivity contribution in [3.8, 4) is 0 Å². The highest BCUT2D eigenvalue weighted by atomic mass is 79.9. The molecule has 1 aromatic carbocycles. The molecule has 1 aromatic rings. The number of benzene rings is 1. The Morgan fingerprint density at radius 1 is 1.29 bits per heavy atom. The molecule has 0 spiro atoms. The molecule has 0 radical (unpaired) electrons. The van der Waals surface area contributed by atoms with Crippen LogP contribution < -0.4 is 0 Å². The van der Waals surface area contributed by atoms with Crippen LogP contribution in [0.4, 0.5) is 17.6 Å². The lowest BCUT2D eigenvalue weighted by molar-refractivity contribution is -0.140. The highest BCUT2D eigenvalue weighted by Gasteiger charge is 2.34. The minimum Gasteiger partial charge on any atom is -0.206 e. The summed E-state index contributed by atoms with van der Waals surface area (Å²) in [6, 6.07) is 1.73. The lowest BCUT2D eigenvalue weighted by Gasteiger charge is -2.10. The Hall–Kier alpha value is -0.580. The summed E-state index contributed by atoms with van der Waals surface area (Å²) >= 11 is 3.07. The zero-order valence-corrected chi connectivity index (χ0v) is 8.84. The third-order valence-electron chi connectivity index (χ3n) is 1.87. The first-order valence-electron chi connectivity index (χ1n) is 3.78. The zero-order chi connectivity index (χ0) is 10.9. The highest BCUT2D eigenvalue weighted by Crippen LogP contribution is 2.33. The predicted octanol–water partition coefficient (Wildman–Crippen LogP) is 4.05. The summed E-state index contributed by atoms with van der Waals surface area (Å²) in [5.41, 5.74) is -0.259. The van der Waals surface area contributed by atoms with E-state index in [2.05, 4.69) is 15.9 Å². The van der Waals surface area contributed by atoms with E-state index in [0.717, 1.165) is 12.1 Å². The van der Waals surface area contributed by atoms with Gasteiger partial charge in [0.2, 0.25) is 0 Å². The summed E-state index contributed by atoms with van der Waals surface area (Å²) in [6.07, 6.45) is -4.63. The van der Waals surface area contributed by atoms with Crippen molar-refractivity contribution in [2.45, 2.75) is 18.4 Å². The molecule has 0 aromatic heterocycles. The molecule has 0 nitrogen and oxygen atoms in total. The standard InChI is InChI=1S/C9H7BrF4/c1-5-2-7(9(12,13)14)8(11)3-6(5)4-10/h2-3H,4H2,1H3. The van der Waals surface area contributed by atoms with Crippen LogP contribution in [-0.2, 0) is 11.5 Å². The summed E-state index contributed by atoms with van der Waals surface area (Å²) in [5, 5.41) is 0.341. The summed E-state index contributed by atoms with van der Waals surface area (Å²) in [7, 11) is 0. The molecule has 0 amide bonds. The van der Waals surface area contributed by atoms with Crippen molar-refractivity contribution in [3.63, 3.8) is 0 Å². The van der Waals surface area contributed by atoms with Crippen molar-refractivity contribution in [3.05, 3.63) is 34.6 Å². The SMILES string of the molecule is Cc1cc(C(F)(F)F)c(F)cc1CBr. The van der Waals surface area contributed by atoms with Crippen LogP contribution in [0.25, 0.3) is 0 Å². The fourth-order valence-electron chi connectivity index (χ4n) is 1.08. The lowest BCUT2D eigenvalue weighted by atomic mass is 10.1. The van der Waals surface area contributed by atoms with Crippen LogP contribution >= 0.6 is 15.9 Å². The Kier molecular flexibility index (Phi) is 3.19. The first-order chi connectivity index (χ1) is 6.36. The van der Waals surface area contributed by atoms with Crippen molar-refractivity contribution in [1.29, 1.82) is 0 Å². The molecule has 0 aliphatic heterocycles. The van der Waals surface area contributed by atoms with Crippen LogP contribution in [0.15, 0.2) is 12.1 Å². The summed E-state index contributed by atoms with van der Waals surface area (Å²) in [4.78, 5) is 0. The van der Waals surface area contributed by atoms with Crippen LogP contribution in [0.1, 0.15) is 16.7 Å². The molecule has 0 aliphatic carbocycles. The van der Waals surface area contributed by atoms with Gasteiger partial charge in [-0.15, -0.1) is 0 Å². The van der Waals surface area contributed by atoms with Gasteiger partial charge in [0.1, 0.15) is 5.82 Å². The molecule has 0 atom stereocenters. The second kappa shape index (κ2) is 3.88. The Morgan fingerprint density at radius 3 is 2.29 bits per heavy atom. The number of aryl methyl sites for hydroxylation is 1. The largest absolute Gasteiger partial charge is 0.419 e. The fraction of sp³-hybridized carbons (Fsp3) is 0.333. The quantitative estimate of drug-likeness (QED) is 0.534. The third kappa shape index (κ3) is 2.26. The molecule has 0 unspecified atom stereocenters. The molecule has 0 bridgehead atoms. The average Bonchev–Trinajstić information content (AvgIpc) is 2.06. The van der Waals surface area contributed by atoms with Gasteiger partial charge in [0, 0.05) is 5.33 Å².